The molecule has 2 atom stereocenters. The van der Waals surface area contributed by atoms with Crippen molar-refractivity contribution in [1.82, 2.24) is 0 Å². The third-order valence-electron chi connectivity index (χ3n) is 3.62. The van der Waals surface area contributed by atoms with Gasteiger partial charge in [-0.05, 0) is 31.0 Å². The molecule has 2 unspecified atom stereocenters. The first-order chi connectivity index (χ1) is 8.56. The Morgan fingerprint density at radius 3 is 2.94 bits per heavy atom. The van der Waals surface area contributed by atoms with E-state index in [0.29, 0.717) is 10.8 Å². The molecule has 1 aromatic carbocycles. The van der Waals surface area contributed by atoms with Crippen LogP contribution >= 0.6 is 0 Å². The first-order valence-corrected chi connectivity index (χ1v) is 7.01. The van der Waals surface area contributed by atoms with E-state index in [2.05, 4.69) is 19.9 Å². The fourth-order valence-electron chi connectivity index (χ4n) is 2.37. The van der Waals surface area contributed by atoms with Crippen LogP contribution in [0.4, 0.5) is 0 Å². The summed E-state index contributed by atoms with van der Waals surface area (Å²) in [5.41, 5.74) is 3.17. The van der Waals surface area contributed by atoms with Crippen molar-refractivity contribution in [2.24, 2.45) is 5.92 Å². The molecule has 1 heterocycles. The van der Waals surface area contributed by atoms with Gasteiger partial charge in [-0.2, -0.15) is 0 Å². The van der Waals surface area contributed by atoms with Crippen LogP contribution in [0.2, 0.25) is 0 Å². The van der Waals surface area contributed by atoms with E-state index in [1.807, 2.05) is 0 Å². The second-order valence-corrected chi connectivity index (χ2v) is 5.81. The van der Waals surface area contributed by atoms with Gasteiger partial charge in [-0.3, -0.25) is 0 Å². The molecular weight excluding hydrogens is 248 g/mol. The Bertz CT molecular complexity index is 682. The monoisotopic (exact) mass is 262 g/mol. The molecule has 0 amide bonds. The van der Waals surface area contributed by atoms with E-state index in [1.54, 1.807) is 18.2 Å². The molecule has 0 aliphatic heterocycles. The molecule has 0 saturated heterocycles. The van der Waals surface area contributed by atoms with Crippen molar-refractivity contribution in [2.45, 2.75) is 25.2 Å². The van der Waals surface area contributed by atoms with Gasteiger partial charge in [-0.25, -0.2) is 4.21 Å². The van der Waals surface area contributed by atoms with E-state index in [9.17, 15) is 4.21 Å². The van der Waals surface area contributed by atoms with E-state index in [0.717, 1.165) is 28.7 Å². The van der Waals surface area contributed by atoms with E-state index >= 15 is 0 Å². The Morgan fingerprint density at radius 1 is 1.44 bits per heavy atom. The zero-order valence-electron chi connectivity index (χ0n) is 10.3. The maximum Gasteiger partial charge on any atom is 0.186 e. The van der Waals surface area contributed by atoms with Crippen LogP contribution in [-0.4, -0.2) is 8.76 Å². The molecule has 3 nitrogen and oxygen atoms in total. The summed E-state index contributed by atoms with van der Waals surface area (Å²) >= 11 is -1.95. The normalized spacial score (nSPS) is 20.6. The summed E-state index contributed by atoms with van der Waals surface area (Å²) < 4.78 is 26.1. The number of hydrogen-bond donors (Lipinski definition) is 1. The Kier molecular flexibility index (Phi) is 2.64. The van der Waals surface area contributed by atoms with Crippen LogP contribution in [0.15, 0.2) is 33.1 Å². The Morgan fingerprint density at radius 2 is 2.22 bits per heavy atom. The number of hydrogen-bond acceptors (Lipinski definition) is 2. The fourth-order valence-corrected chi connectivity index (χ4v) is 2.78. The summed E-state index contributed by atoms with van der Waals surface area (Å²) in [4.78, 5) is 0.413. The smallest absolute Gasteiger partial charge is 0.186 e. The number of allylic oxidation sites excluding steroid dienone is 1. The molecule has 1 aliphatic rings. The van der Waals surface area contributed by atoms with Gasteiger partial charge in [0.2, 0.25) is 0 Å². The van der Waals surface area contributed by atoms with Crippen molar-refractivity contribution in [1.29, 1.82) is 0 Å². The van der Waals surface area contributed by atoms with Gasteiger partial charge in [0.1, 0.15) is 11.3 Å². The third kappa shape index (κ3) is 1.72. The molecule has 3 rings (SSSR count). The number of benzene rings is 1. The van der Waals surface area contributed by atoms with E-state index in [4.69, 9.17) is 8.97 Å². The molecule has 0 saturated carbocycles. The standard InChI is InChI=1S/C14H14O3S/c1-8-5-11-12-7-10(18(15)16)3-4-13(12)17-14(11)6-9(8)2/h3-5,7,9H,6H2,1-2H3,(H,15,16). The molecule has 2 aromatic rings. The maximum absolute atomic E-state index is 11.1. The van der Waals surface area contributed by atoms with Crippen LogP contribution in [-0.2, 0) is 17.5 Å². The lowest BCUT2D eigenvalue weighted by Crippen LogP contribution is -2.05. The van der Waals surface area contributed by atoms with Gasteiger partial charge in [-0.15, -0.1) is 0 Å². The second-order valence-electron chi connectivity index (χ2n) is 4.84. The summed E-state index contributed by atoms with van der Waals surface area (Å²) in [6.07, 6.45) is 3.02. The zero-order chi connectivity index (χ0) is 12.9. The van der Waals surface area contributed by atoms with Gasteiger partial charge in [0.15, 0.2) is 11.1 Å². The lowest BCUT2D eigenvalue weighted by atomic mass is 9.89. The predicted molar refractivity (Wildman–Crippen MR) is 71.8 cm³/mol. The fraction of sp³-hybridized carbons (Fsp3) is 0.286. The average Bonchev–Trinajstić information content (AvgIpc) is 2.66. The molecule has 94 valence electrons. The van der Waals surface area contributed by atoms with Crippen molar-refractivity contribution in [3.63, 3.8) is 0 Å². The van der Waals surface area contributed by atoms with Crippen molar-refractivity contribution in [3.8, 4) is 0 Å². The van der Waals surface area contributed by atoms with Crippen LogP contribution in [0, 0.1) is 5.92 Å². The zero-order valence-corrected chi connectivity index (χ0v) is 11.1. The average molecular weight is 262 g/mol. The number of rotatable bonds is 1. The molecule has 1 N–H and O–H groups in total. The molecule has 0 bridgehead atoms. The molecule has 18 heavy (non-hydrogen) atoms. The van der Waals surface area contributed by atoms with Crippen LogP contribution in [0.3, 0.4) is 0 Å². The molecular formula is C14H14O3S. The summed E-state index contributed by atoms with van der Waals surface area (Å²) in [7, 11) is 0. The molecule has 1 aromatic heterocycles. The van der Waals surface area contributed by atoms with Crippen LogP contribution in [0.25, 0.3) is 17.0 Å². The van der Waals surface area contributed by atoms with Gasteiger partial charge in [0.05, 0.1) is 4.90 Å². The molecule has 0 radical (unpaired) electrons. The predicted octanol–water partition coefficient (Wildman–Crippen LogP) is 3.61. The minimum absolute atomic E-state index is 0.413. The highest BCUT2D eigenvalue weighted by molar-refractivity contribution is 7.79. The first kappa shape index (κ1) is 11.7. The van der Waals surface area contributed by atoms with Crippen LogP contribution in [0.1, 0.15) is 25.2 Å². The Hall–Kier alpha value is -1.39. The van der Waals surface area contributed by atoms with Gasteiger partial charge < -0.3 is 8.97 Å². The topological polar surface area (TPSA) is 50.4 Å². The maximum atomic E-state index is 11.1. The van der Waals surface area contributed by atoms with Crippen molar-refractivity contribution < 1.29 is 13.2 Å². The quantitative estimate of drug-likeness (QED) is 0.799. The lowest BCUT2D eigenvalue weighted by Gasteiger charge is -2.16. The Labute approximate surface area is 108 Å². The molecule has 0 fully saturated rings. The SMILES string of the molecule is CC1=Cc2c(oc3ccc(S(=O)O)cc23)CC1C. The Balaban J connectivity index is 2.26. The first-order valence-electron chi connectivity index (χ1n) is 5.90. The lowest BCUT2D eigenvalue weighted by molar-refractivity contribution is 0.503. The van der Waals surface area contributed by atoms with Crippen LogP contribution in [0.5, 0.6) is 0 Å². The molecule has 0 spiro atoms. The van der Waals surface area contributed by atoms with E-state index < -0.39 is 11.1 Å². The second kappa shape index (κ2) is 4.07. The number of fused-ring (bicyclic) bond motifs is 3. The minimum Gasteiger partial charge on any atom is -0.460 e. The van der Waals surface area contributed by atoms with Crippen molar-refractivity contribution >= 4 is 28.1 Å². The summed E-state index contributed by atoms with van der Waals surface area (Å²) in [5, 5.41) is 0.927. The van der Waals surface area contributed by atoms with Crippen molar-refractivity contribution in [3.05, 3.63) is 35.1 Å². The van der Waals surface area contributed by atoms with Gasteiger partial charge in [0.25, 0.3) is 0 Å². The van der Waals surface area contributed by atoms with Gasteiger partial charge in [0, 0.05) is 17.4 Å². The highest BCUT2D eigenvalue weighted by Gasteiger charge is 2.21. The summed E-state index contributed by atoms with van der Waals surface area (Å²) in [6, 6.07) is 5.14. The summed E-state index contributed by atoms with van der Waals surface area (Å²) in [5.74, 6) is 1.47. The van der Waals surface area contributed by atoms with E-state index in [-0.39, 0.29) is 0 Å². The largest absolute Gasteiger partial charge is 0.460 e. The van der Waals surface area contributed by atoms with Gasteiger partial charge >= 0.3 is 0 Å². The molecule has 1 aliphatic carbocycles. The van der Waals surface area contributed by atoms with E-state index in [1.165, 1.54) is 5.57 Å². The number of furan rings is 1. The molecule has 4 heteroatoms. The van der Waals surface area contributed by atoms with Crippen LogP contribution < -0.4 is 0 Å². The highest BCUT2D eigenvalue weighted by Crippen LogP contribution is 2.36. The highest BCUT2D eigenvalue weighted by atomic mass is 32.2. The third-order valence-corrected chi connectivity index (χ3v) is 4.27. The van der Waals surface area contributed by atoms with Gasteiger partial charge in [-0.1, -0.05) is 18.6 Å². The van der Waals surface area contributed by atoms with Crippen molar-refractivity contribution in [2.75, 3.05) is 0 Å². The minimum atomic E-state index is -1.95. The summed E-state index contributed by atoms with van der Waals surface area (Å²) in [6.45, 7) is 4.29.